The molecular formula is C17H15Br2NO. The van der Waals surface area contributed by atoms with Gasteiger partial charge in [0.05, 0.1) is 6.04 Å². The zero-order chi connectivity index (χ0) is 14.8. The highest BCUT2D eigenvalue weighted by Crippen LogP contribution is 2.26. The maximum absolute atomic E-state index is 5.90. The lowest BCUT2D eigenvalue weighted by molar-refractivity contribution is 0.451. The SMILES string of the molecule is CC(NCc1cccc(Br)c1)c1cc2cc(Br)ccc2o1. The van der Waals surface area contributed by atoms with Crippen LogP contribution in [0.1, 0.15) is 24.3 Å². The Morgan fingerprint density at radius 2 is 1.86 bits per heavy atom. The first-order chi connectivity index (χ1) is 10.1. The second kappa shape index (κ2) is 6.34. The van der Waals surface area contributed by atoms with E-state index < -0.39 is 0 Å². The Labute approximate surface area is 140 Å². The van der Waals surface area contributed by atoms with E-state index in [2.05, 4.69) is 68.4 Å². The van der Waals surface area contributed by atoms with Crippen molar-refractivity contribution in [3.63, 3.8) is 0 Å². The first kappa shape index (κ1) is 14.8. The summed E-state index contributed by atoms with van der Waals surface area (Å²) >= 11 is 6.98. The summed E-state index contributed by atoms with van der Waals surface area (Å²) in [6, 6.07) is 16.6. The van der Waals surface area contributed by atoms with Crippen LogP contribution in [0.15, 0.2) is 61.9 Å². The summed E-state index contributed by atoms with van der Waals surface area (Å²) in [7, 11) is 0. The minimum absolute atomic E-state index is 0.162. The second-order valence-electron chi connectivity index (χ2n) is 5.06. The molecule has 21 heavy (non-hydrogen) atoms. The summed E-state index contributed by atoms with van der Waals surface area (Å²) in [6.07, 6.45) is 0. The molecule has 1 aromatic heterocycles. The van der Waals surface area contributed by atoms with Crippen LogP contribution in [0.4, 0.5) is 0 Å². The highest BCUT2D eigenvalue weighted by molar-refractivity contribution is 9.10. The molecular weight excluding hydrogens is 394 g/mol. The van der Waals surface area contributed by atoms with Gasteiger partial charge in [0.2, 0.25) is 0 Å². The van der Waals surface area contributed by atoms with Gasteiger partial charge >= 0.3 is 0 Å². The van der Waals surface area contributed by atoms with Gasteiger partial charge in [-0.2, -0.15) is 0 Å². The van der Waals surface area contributed by atoms with Crippen LogP contribution >= 0.6 is 31.9 Å². The van der Waals surface area contributed by atoms with Crippen molar-refractivity contribution in [2.45, 2.75) is 19.5 Å². The summed E-state index contributed by atoms with van der Waals surface area (Å²) in [5.41, 5.74) is 2.17. The summed E-state index contributed by atoms with van der Waals surface area (Å²) in [5, 5.41) is 4.61. The van der Waals surface area contributed by atoms with E-state index in [9.17, 15) is 0 Å². The molecule has 0 radical (unpaired) electrons. The van der Waals surface area contributed by atoms with E-state index in [-0.39, 0.29) is 6.04 Å². The van der Waals surface area contributed by atoms with Gasteiger partial charge in [-0.3, -0.25) is 0 Å². The standard InChI is InChI=1S/C17H15Br2NO/c1-11(20-10-12-3-2-4-14(18)7-12)17-9-13-8-15(19)5-6-16(13)21-17/h2-9,11,20H,10H2,1H3. The summed E-state index contributed by atoms with van der Waals surface area (Å²) in [5.74, 6) is 0.957. The molecule has 0 bridgehead atoms. The molecule has 1 unspecified atom stereocenters. The quantitative estimate of drug-likeness (QED) is 0.589. The molecule has 2 nitrogen and oxygen atoms in total. The number of nitrogens with one attached hydrogen (secondary N) is 1. The maximum Gasteiger partial charge on any atom is 0.134 e. The van der Waals surface area contributed by atoms with Gasteiger partial charge in [0.1, 0.15) is 11.3 Å². The van der Waals surface area contributed by atoms with Gasteiger partial charge in [0.15, 0.2) is 0 Å². The van der Waals surface area contributed by atoms with Crippen molar-refractivity contribution in [2.24, 2.45) is 0 Å². The molecule has 1 heterocycles. The van der Waals surface area contributed by atoms with Gasteiger partial charge in [-0.05, 0) is 48.9 Å². The second-order valence-corrected chi connectivity index (χ2v) is 6.89. The van der Waals surface area contributed by atoms with Crippen molar-refractivity contribution in [3.05, 3.63) is 68.8 Å². The predicted octanol–water partition coefficient (Wildman–Crippen LogP) is 5.81. The molecule has 0 aliphatic rings. The molecule has 4 heteroatoms. The van der Waals surface area contributed by atoms with Crippen LogP contribution in [0.25, 0.3) is 11.0 Å². The molecule has 0 aliphatic heterocycles. The monoisotopic (exact) mass is 407 g/mol. The Kier molecular flexibility index (Phi) is 4.48. The Hall–Kier alpha value is -1.10. The Morgan fingerprint density at radius 3 is 2.67 bits per heavy atom. The third kappa shape index (κ3) is 3.57. The molecule has 3 aromatic rings. The predicted molar refractivity (Wildman–Crippen MR) is 93.3 cm³/mol. The smallest absolute Gasteiger partial charge is 0.134 e. The van der Waals surface area contributed by atoms with Crippen molar-refractivity contribution in [1.82, 2.24) is 5.32 Å². The van der Waals surface area contributed by atoms with E-state index in [4.69, 9.17) is 4.42 Å². The van der Waals surface area contributed by atoms with Crippen LogP contribution in [0.2, 0.25) is 0 Å². The molecule has 1 N–H and O–H groups in total. The van der Waals surface area contributed by atoms with E-state index in [1.54, 1.807) is 0 Å². The molecule has 0 saturated heterocycles. The normalized spacial score (nSPS) is 12.7. The minimum atomic E-state index is 0.162. The van der Waals surface area contributed by atoms with Crippen molar-refractivity contribution >= 4 is 42.8 Å². The van der Waals surface area contributed by atoms with E-state index >= 15 is 0 Å². The first-order valence-electron chi connectivity index (χ1n) is 6.78. The van der Waals surface area contributed by atoms with Crippen LogP contribution in [0.5, 0.6) is 0 Å². The fourth-order valence-electron chi connectivity index (χ4n) is 2.27. The number of fused-ring (bicyclic) bond motifs is 1. The highest BCUT2D eigenvalue weighted by atomic mass is 79.9. The minimum Gasteiger partial charge on any atom is -0.459 e. The lowest BCUT2D eigenvalue weighted by Crippen LogP contribution is -2.17. The van der Waals surface area contributed by atoms with Gasteiger partial charge in [-0.15, -0.1) is 0 Å². The lowest BCUT2D eigenvalue weighted by atomic mass is 10.2. The molecule has 0 spiro atoms. The largest absolute Gasteiger partial charge is 0.459 e. The van der Waals surface area contributed by atoms with Crippen molar-refractivity contribution in [2.75, 3.05) is 0 Å². The number of hydrogen-bond donors (Lipinski definition) is 1. The van der Waals surface area contributed by atoms with Crippen LogP contribution in [-0.2, 0) is 6.54 Å². The van der Waals surface area contributed by atoms with E-state index in [0.29, 0.717) is 0 Å². The molecule has 0 saturated carbocycles. The molecule has 1 atom stereocenters. The van der Waals surface area contributed by atoms with Gasteiger partial charge in [-0.25, -0.2) is 0 Å². The zero-order valence-corrected chi connectivity index (χ0v) is 14.7. The lowest BCUT2D eigenvalue weighted by Gasteiger charge is -2.11. The number of rotatable bonds is 4. The Bertz CT molecular complexity index is 766. The molecule has 108 valence electrons. The van der Waals surface area contributed by atoms with Crippen LogP contribution < -0.4 is 5.32 Å². The average Bonchev–Trinajstić information content (AvgIpc) is 2.88. The van der Waals surface area contributed by atoms with Crippen LogP contribution in [0.3, 0.4) is 0 Å². The maximum atomic E-state index is 5.90. The number of furan rings is 1. The number of benzene rings is 2. The zero-order valence-electron chi connectivity index (χ0n) is 11.6. The first-order valence-corrected chi connectivity index (χ1v) is 8.37. The van der Waals surface area contributed by atoms with Crippen molar-refractivity contribution in [1.29, 1.82) is 0 Å². The topological polar surface area (TPSA) is 25.2 Å². The third-order valence-corrected chi connectivity index (χ3v) is 4.41. The number of hydrogen-bond acceptors (Lipinski definition) is 2. The van der Waals surface area contributed by atoms with Crippen LogP contribution in [-0.4, -0.2) is 0 Å². The van der Waals surface area contributed by atoms with E-state index in [1.807, 2.05) is 24.3 Å². The highest BCUT2D eigenvalue weighted by Gasteiger charge is 2.11. The molecule has 0 fully saturated rings. The fourth-order valence-corrected chi connectivity index (χ4v) is 3.09. The van der Waals surface area contributed by atoms with Crippen LogP contribution in [0, 0.1) is 0 Å². The molecule has 3 rings (SSSR count). The number of halogens is 2. The Balaban J connectivity index is 1.73. The summed E-state index contributed by atoms with van der Waals surface area (Å²) in [4.78, 5) is 0. The Morgan fingerprint density at radius 1 is 1.05 bits per heavy atom. The summed E-state index contributed by atoms with van der Waals surface area (Å²) in [6.45, 7) is 2.92. The van der Waals surface area contributed by atoms with Crippen molar-refractivity contribution in [3.8, 4) is 0 Å². The van der Waals surface area contributed by atoms with Gasteiger partial charge in [0, 0.05) is 20.9 Å². The van der Waals surface area contributed by atoms with Gasteiger partial charge in [0.25, 0.3) is 0 Å². The molecule has 2 aromatic carbocycles. The summed E-state index contributed by atoms with van der Waals surface area (Å²) < 4.78 is 8.07. The third-order valence-electron chi connectivity index (χ3n) is 3.43. The fraction of sp³-hybridized carbons (Fsp3) is 0.176. The molecule has 0 aliphatic carbocycles. The van der Waals surface area contributed by atoms with E-state index in [0.717, 1.165) is 32.2 Å². The molecule has 0 amide bonds. The van der Waals surface area contributed by atoms with E-state index in [1.165, 1.54) is 5.56 Å². The van der Waals surface area contributed by atoms with Gasteiger partial charge in [-0.1, -0.05) is 44.0 Å². The van der Waals surface area contributed by atoms with Gasteiger partial charge < -0.3 is 9.73 Å². The van der Waals surface area contributed by atoms with Crippen molar-refractivity contribution < 1.29 is 4.42 Å². The average molecular weight is 409 g/mol.